The Balaban J connectivity index is 2.46. The largest absolute Gasteiger partial charge is 0.481 e. The van der Waals surface area contributed by atoms with E-state index < -0.39 is 11.9 Å². The first-order valence-electron chi connectivity index (χ1n) is 5.54. The second-order valence-electron chi connectivity index (χ2n) is 4.15. The molecule has 0 fully saturated rings. The van der Waals surface area contributed by atoms with Crippen molar-refractivity contribution < 1.29 is 14.7 Å². The Morgan fingerprint density at radius 1 is 1.35 bits per heavy atom. The molecule has 0 aliphatic rings. The van der Waals surface area contributed by atoms with Gasteiger partial charge >= 0.3 is 5.97 Å². The second-order valence-corrected chi connectivity index (χ2v) is 4.15. The first-order valence-corrected chi connectivity index (χ1v) is 5.54. The van der Waals surface area contributed by atoms with Crippen molar-refractivity contribution in [1.29, 1.82) is 0 Å². The van der Waals surface area contributed by atoms with Crippen LogP contribution in [0.3, 0.4) is 0 Å². The molecule has 0 radical (unpaired) electrons. The van der Waals surface area contributed by atoms with E-state index in [1.807, 2.05) is 31.2 Å². The number of nitrogens with one attached hydrogen (secondary N) is 1. The van der Waals surface area contributed by atoms with Crippen LogP contribution in [0.4, 0.5) is 0 Å². The summed E-state index contributed by atoms with van der Waals surface area (Å²) in [6.07, 6.45) is 0.291. The maximum absolute atomic E-state index is 11.6. The van der Waals surface area contributed by atoms with Gasteiger partial charge in [0, 0.05) is 6.54 Å². The number of carboxylic acid groups (broad SMARTS) is 1. The Kier molecular flexibility index (Phi) is 4.69. The van der Waals surface area contributed by atoms with Crippen molar-refractivity contribution in [2.24, 2.45) is 5.92 Å². The minimum absolute atomic E-state index is 0.146. The average molecular weight is 235 g/mol. The number of amides is 1. The predicted molar refractivity (Wildman–Crippen MR) is 64.7 cm³/mol. The van der Waals surface area contributed by atoms with Gasteiger partial charge in [-0.25, -0.2) is 0 Å². The topological polar surface area (TPSA) is 66.4 Å². The molecule has 1 aromatic rings. The van der Waals surface area contributed by atoms with Crippen LogP contribution in [0, 0.1) is 12.8 Å². The molecule has 1 aromatic carbocycles. The number of hydrogen-bond donors (Lipinski definition) is 2. The fraction of sp³-hybridized carbons (Fsp3) is 0.385. The number of carbonyl (C=O) groups is 2. The van der Waals surface area contributed by atoms with Crippen LogP contribution in [-0.2, 0) is 16.0 Å². The van der Waals surface area contributed by atoms with Gasteiger partial charge in [-0.15, -0.1) is 0 Å². The van der Waals surface area contributed by atoms with Gasteiger partial charge in [0.25, 0.3) is 0 Å². The maximum Gasteiger partial charge on any atom is 0.308 e. The third kappa shape index (κ3) is 4.26. The van der Waals surface area contributed by atoms with Crippen LogP contribution in [0.15, 0.2) is 24.3 Å². The van der Waals surface area contributed by atoms with Crippen molar-refractivity contribution in [3.63, 3.8) is 0 Å². The van der Waals surface area contributed by atoms with Gasteiger partial charge in [-0.3, -0.25) is 9.59 Å². The van der Waals surface area contributed by atoms with Crippen LogP contribution in [-0.4, -0.2) is 23.5 Å². The van der Waals surface area contributed by atoms with Crippen molar-refractivity contribution >= 4 is 11.9 Å². The third-order valence-corrected chi connectivity index (χ3v) is 2.64. The normalized spacial score (nSPS) is 11.9. The first kappa shape index (κ1) is 13.2. The Bertz CT molecular complexity index is 415. The Morgan fingerprint density at radius 2 is 2.00 bits per heavy atom. The zero-order valence-electron chi connectivity index (χ0n) is 10.1. The van der Waals surface area contributed by atoms with E-state index >= 15 is 0 Å². The SMILES string of the molecule is Cc1ccccc1CC(=O)NC[C@H](C)C(=O)O. The van der Waals surface area contributed by atoms with Gasteiger partial charge in [0.1, 0.15) is 0 Å². The molecule has 0 aromatic heterocycles. The third-order valence-electron chi connectivity index (χ3n) is 2.64. The zero-order valence-corrected chi connectivity index (χ0v) is 10.1. The predicted octanol–water partition coefficient (Wildman–Crippen LogP) is 1.37. The molecule has 1 amide bonds. The molecule has 0 spiro atoms. The van der Waals surface area contributed by atoms with Crippen molar-refractivity contribution in [3.8, 4) is 0 Å². The van der Waals surface area contributed by atoms with Crippen LogP contribution in [0.2, 0.25) is 0 Å². The van der Waals surface area contributed by atoms with Crippen molar-refractivity contribution in [3.05, 3.63) is 35.4 Å². The quantitative estimate of drug-likeness (QED) is 0.810. The summed E-state index contributed by atoms with van der Waals surface area (Å²) >= 11 is 0. The summed E-state index contributed by atoms with van der Waals surface area (Å²) in [6, 6.07) is 7.65. The lowest BCUT2D eigenvalue weighted by Gasteiger charge is -2.09. The van der Waals surface area contributed by atoms with Crippen LogP contribution >= 0.6 is 0 Å². The van der Waals surface area contributed by atoms with Gasteiger partial charge in [0.15, 0.2) is 0 Å². The average Bonchev–Trinajstić information content (AvgIpc) is 2.29. The highest BCUT2D eigenvalue weighted by molar-refractivity contribution is 5.79. The van der Waals surface area contributed by atoms with Gasteiger partial charge in [-0.1, -0.05) is 31.2 Å². The summed E-state index contributed by atoms with van der Waals surface area (Å²) in [7, 11) is 0. The molecule has 0 aliphatic heterocycles. The molecule has 2 N–H and O–H groups in total. The molecule has 0 bridgehead atoms. The summed E-state index contributed by atoms with van der Waals surface area (Å²) in [5, 5.41) is 11.3. The standard InChI is InChI=1S/C13H17NO3/c1-9-5-3-4-6-11(9)7-12(15)14-8-10(2)13(16)17/h3-6,10H,7-8H2,1-2H3,(H,14,15)(H,16,17)/t10-/m0/s1. The second kappa shape index (κ2) is 6.03. The molecule has 0 saturated heterocycles. The lowest BCUT2D eigenvalue weighted by atomic mass is 10.1. The molecule has 4 heteroatoms. The highest BCUT2D eigenvalue weighted by Gasteiger charge is 2.12. The molecule has 17 heavy (non-hydrogen) atoms. The van der Waals surface area contributed by atoms with E-state index in [4.69, 9.17) is 5.11 Å². The van der Waals surface area contributed by atoms with E-state index in [9.17, 15) is 9.59 Å². The number of carbonyl (C=O) groups excluding carboxylic acids is 1. The molecule has 0 aliphatic carbocycles. The van der Waals surface area contributed by atoms with Crippen LogP contribution in [0.5, 0.6) is 0 Å². The Hall–Kier alpha value is -1.84. The van der Waals surface area contributed by atoms with Gasteiger partial charge in [-0.2, -0.15) is 0 Å². The zero-order chi connectivity index (χ0) is 12.8. The summed E-state index contributed by atoms with van der Waals surface area (Å²) in [5.41, 5.74) is 2.03. The van der Waals surface area contributed by atoms with Gasteiger partial charge in [0.05, 0.1) is 12.3 Å². The monoisotopic (exact) mass is 235 g/mol. The smallest absolute Gasteiger partial charge is 0.308 e. The summed E-state index contributed by atoms with van der Waals surface area (Å²) in [6.45, 7) is 3.68. The number of aryl methyl sites for hydroxylation is 1. The molecule has 1 rings (SSSR count). The molecule has 0 saturated carbocycles. The fourth-order valence-corrected chi connectivity index (χ4v) is 1.40. The molecular weight excluding hydrogens is 218 g/mol. The lowest BCUT2D eigenvalue weighted by Crippen LogP contribution is -2.32. The highest BCUT2D eigenvalue weighted by Crippen LogP contribution is 2.07. The van der Waals surface area contributed by atoms with Crippen molar-refractivity contribution in [2.45, 2.75) is 20.3 Å². The summed E-state index contributed by atoms with van der Waals surface area (Å²) in [5.74, 6) is -1.61. The molecular formula is C13H17NO3. The van der Waals surface area contributed by atoms with Crippen molar-refractivity contribution in [2.75, 3.05) is 6.54 Å². The summed E-state index contributed by atoms with van der Waals surface area (Å²) < 4.78 is 0. The number of aliphatic carboxylic acids is 1. The fourth-order valence-electron chi connectivity index (χ4n) is 1.40. The Morgan fingerprint density at radius 3 is 2.59 bits per heavy atom. The number of benzene rings is 1. The van der Waals surface area contributed by atoms with Crippen molar-refractivity contribution in [1.82, 2.24) is 5.32 Å². The van der Waals surface area contributed by atoms with E-state index in [1.165, 1.54) is 0 Å². The molecule has 0 unspecified atom stereocenters. The number of hydrogen-bond acceptors (Lipinski definition) is 2. The molecule has 92 valence electrons. The lowest BCUT2D eigenvalue weighted by molar-refractivity contribution is -0.141. The molecule has 4 nitrogen and oxygen atoms in total. The van der Waals surface area contributed by atoms with E-state index in [1.54, 1.807) is 6.92 Å². The van der Waals surface area contributed by atoms with Gasteiger partial charge in [-0.05, 0) is 18.1 Å². The summed E-state index contributed by atoms with van der Waals surface area (Å²) in [4.78, 5) is 22.2. The van der Waals surface area contributed by atoms with Gasteiger partial charge < -0.3 is 10.4 Å². The molecule has 1 atom stereocenters. The molecule has 0 heterocycles. The van der Waals surface area contributed by atoms with E-state index in [0.717, 1.165) is 11.1 Å². The van der Waals surface area contributed by atoms with E-state index in [0.29, 0.717) is 6.42 Å². The minimum atomic E-state index is -0.902. The van der Waals surface area contributed by atoms with E-state index in [-0.39, 0.29) is 12.5 Å². The first-order chi connectivity index (χ1) is 8.00. The number of rotatable bonds is 5. The minimum Gasteiger partial charge on any atom is -0.481 e. The number of carboxylic acids is 1. The van der Waals surface area contributed by atoms with Crippen LogP contribution < -0.4 is 5.32 Å². The van der Waals surface area contributed by atoms with E-state index in [2.05, 4.69) is 5.32 Å². The Labute approximate surface area is 101 Å². The highest BCUT2D eigenvalue weighted by atomic mass is 16.4. The van der Waals surface area contributed by atoms with Crippen LogP contribution in [0.25, 0.3) is 0 Å². The van der Waals surface area contributed by atoms with Crippen LogP contribution in [0.1, 0.15) is 18.1 Å². The maximum atomic E-state index is 11.6. The van der Waals surface area contributed by atoms with Gasteiger partial charge in [0.2, 0.25) is 5.91 Å².